The summed E-state index contributed by atoms with van der Waals surface area (Å²) in [6, 6.07) is 1.41. The van der Waals surface area contributed by atoms with E-state index in [0.717, 1.165) is 5.92 Å². The highest BCUT2D eigenvalue weighted by Gasteiger charge is 2.26. The van der Waals surface area contributed by atoms with Crippen LogP contribution >= 0.6 is 0 Å². The first-order valence-corrected chi connectivity index (χ1v) is 7.08. The first-order chi connectivity index (χ1) is 7.79. The highest BCUT2D eigenvalue weighted by molar-refractivity contribution is 4.84. The molecule has 0 aromatic heterocycles. The molecule has 16 heavy (non-hydrogen) atoms. The third-order valence-corrected chi connectivity index (χ3v) is 4.56. The van der Waals surface area contributed by atoms with Crippen molar-refractivity contribution in [1.82, 2.24) is 5.32 Å². The smallest absolute Gasteiger partial charge is 0.0586 e. The molecule has 0 aliphatic heterocycles. The van der Waals surface area contributed by atoms with Gasteiger partial charge in [0.25, 0.3) is 0 Å². The van der Waals surface area contributed by atoms with Gasteiger partial charge in [-0.1, -0.05) is 12.8 Å². The minimum atomic E-state index is 0.502. The fraction of sp³-hybridized carbons (Fsp3) is 1.00. The fourth-order valence-corrected chi connectivity index (χ4v) is 3.48. The van der Waals surface area contributed by atoms with Crippen LogP contribution < -0.4 is 5.32 Å². The molecule has 0 aromatic rings. The van der Waals surface area contributed by atoms with Gasteiger partial charge in [-0.25, -0.2) is 0 Å². The van der Waals surface area contributed by atoms with E-state index in [4.69, 9.17) is 4.74 Å². The van der Waals surface area contributed by atoms with Crippen LogP contribution in [0.3, 0.4) is 0 Å². The molecule has 94 valence electrons. The van der Waals surface area contributed by atoms with E-state index in [2.05, 4.69) is 12.2 Å². The topological polar surface area (TPSA) is 21.3 Å². The maximum absolute atomic E-state index is 5.49. The number of hydrogen-bond donors (Lipinski definition) is 1. The minimum Gasteiger partial charge on any atom is -0.381 e. The quantitative estimate of drug-likeness (QED) is 0.794. The van der Waals surface area contributed by atoms with Crippen molar-refractivity contribution in [1.29, 1.82) is 0 Å². The van der Waals surface area contributed by atoms with Crippen molar-refractivity contribution in [3.63, 3.8) is 0 Å². The fourth-order valence-electron chi connectivity index (χ4n) is 3.48. The van der Waals surface area contributed by atoms with E-state index in [1.807, 2.05) is 7.11 Å². The van der Waals surface area contributed by atoms with Crippen LogP contribution in [0.5, 0.6) is 0 Å². The average molecular weight is 225 g/mol. The number of rotatable bonds is 4. The number of methoxy groups -OCH3 is 1. The zero-order chi connectivity index (χ0) is 11.4. The predicted octanol–water partition coefficient (Wildman–Crippen LogP) is 3.11. The van der Waals surface area contributed by atoms with Gasteiger partial charge in [0.2, 0.25) is 0 Å². The van der Waals surface area contributed by atoms with E-state index in [-0.39, 0.29) is 0 Å². The summed E-state index contributed by atoms with van der Waals surface area (Å²) in [5, 5.41) is 3.85. The highest BCUT2D eigenvalue weighted by atomic mass is 16.5. The standard InChI is InChI=1S/C14H27NO/c1-11(12-6-3-4-7-12)15-13-8-5-9-14(10-13)16-2/h11-15H,3-10H2,1-2H3. The lowest BCUT2D eigenvalue weighted by molar-refractivity contribution is 0.0558. The van der Waals surface area contributed by atoms with Crippen molar-refractivity contribution < 1.29 is 4.74 Å². The lowest BCUT2D eigenvalue weighted by Crippen LogP contribution is -2.44. The summed E-state index contributed by atoms with van der Waals surface area (Å²) in [6.45, 7) is 2.38. The summed E-state index contributed by atoms with van der Waals surface area (Å²) in [7, 11) is 1.85. The van der Waals surface area contributed by atoms with Gasteiger partial charge >= 0.3 is 0 Å². The zero-order valence-electron chi connectivity index (χ0n) is 10.9. The second-order valence-electron chi connectivity index (χ2n) is 5.72. The molecule has 0 saturated heterocycles. The van der Waals surface area contributed by atoms with Crippen molar-refractivity contribution in [2.45, 2.75) is 76.5 Å². The van der Waals surface area contributed by atoms with Gasteiger partial charge in [0.05, 0.1) is 6.10 Å². The Balaban J connectivity index is 1.75. The largest absolute Gasteiger partial charge is 0.381 e. The SMILES string of the molecule is COC1CCCC(NC(C)C2CCCC2)C1. The van der Waals surface area contributed by atoms with Gasteiger partial charge in [-0.3, -0.25) is 0 Å². The van der Waals surface area contributed by atoms with Gasteiger partial charge in [-0.05, 0) is 51.4 Å². The number of hydrogen-bond acceptors (Lipinski definition) is 2. The maximum Gasteiger partial charge on any atom is 0.0586 e. The van der Waals surface area contributed by atoms with E-state index in [9.17, 15) is 0 Å². The molecule has 0 aromatic carbocycles. The van der Waals surface area contributed by atoms with E-state index >= 15 is 0 Å². The van der Waals surface area contributed by atoms with Gasteiger partial charge < -0.3 is 10.1 Å². The molecule has 2 rings (SSSR count). The molecule has 2 nitrogen and oxygen atoms in total. The molecule has 2 saturated carbocycles. The summed E-state index contributed by atoms with van der Waals surface area (Å²) in [5.74, 6) is 0.933. The Labute approximate surface area is 100 Å². The minimum absolute atomic E-state index is 0.502. The molecule has 2 aliphatic rings. The predicted molar refractivity (Wildman–Crippen MR) is 67.6 cm³/mol. The van der Waals surface area contributed by atoms with E-state index < -0.39 is 0 Å². The van der Waals surface area contributed by atoms with Crippen LogP contribution in [0, 0.1) is 5.92 Å². The summed E-state index contributed by atoms with van der Waals surface area (Å²) in [4.78, 5) is 0. The Morgan fingerprint density at radius 2 is 1.81 bits per heavy atom. The Hall–Kier alpha value is -0.0800. The van der Waals surface area contributed by atoms with Crippen molar-refractivity contribution in [3.8, 4) is 0 Å². The molecule has 2 heteroatoms. The molecular formula is C14H27NO. The molecule has 2 fully saturated rings. The summed E-state index contributed by atoms with van der Waals surface area (Å²) in [6.07, 6.45) is 11.4. The molecule has 0 amide bonds. The van der Waals surface area contributed by atoms with E-state index in [1.165, 1.54) is 51.4 Å². The van der Waals surface area contributed by atoms with Gasteiger partial charge in [-0.2, -0.15) is 0 Å². The van der Waals surface area contributed by atoms with E-state index in [0.29, 0.717) is 18.2 Å². The first-order valence-electron chi connectivity index (χ1n) is 7.08. The Kier molecular flexibility index (Phi) is 4.66. The van der Waals surface area contributed by atoms with Crippen LogP contribution in [0.15, 0.2) is 0 Å². The van der Waals surface area contributed by atoms with Gasteiger partial charge in [0.1, 0.15) is 0 Å². The molecule has 3 unspecified atom stereocenters. The normalized spacial score (nSPS) is 34.1. The van der Waals surface area contributed by atoms with Crippen LogP contribution in [0.25, 0.3) is 0 Å². The summed E-state index contributed by atoms with van der Waals surface area (Å²) >= 11 is 0. The van der Waals surface area contributed by atoms with Crippen molar-refractivity contribution in [3.05, 3.63) is 0 Å². The van der Waals surface area contributed by atoms with Crippen LogP contribution in [0.4, 0.5) is 0 Å². The second-order valence-corrected chi connectivity index (χ2v) is 5.72. The van der Waals surface area contributed by atoms with Crippen LogP contribution in [0.1, 0.15) is 58.3 Å². The Bertz CT molecular complexity index is 201. The van der Waals surface area contributed by atoms with Crippen LogP contribution in [-0.2, 0) is 4.74 Å². The van der Waals surface area contributed by atoms with E-state index in [1.54, 1.807) is 0 Å². The number of nitrogens with one attached hydrogen (secondary N) is 1. The van der Waals surface area contributed by atoms with Crippen molar-refractivity contribution in [2.24, 2.45) is 5.92 Å². The van der Waals surface area contributed by atoms with Crippen molar-refractivity contribution >= 4 is 0 Å². The zero-order valence-corrected chi connectivity index (χ0v) is 10.9. The molecule has 0 radical (unpaired) electrons. The number of ether oxygens (including phenoxy) is 1. The molecular weight excluding hydrogens is 198 g/mol. The maximum atomic E-state index is 5.49. The molecule has 1 N–H and O–H groups in total. The Morgan fingerprint density at radius 1 is 1.06 bits per heavy atom. The lowest BCUT2D eigenvalue weighted by atomic mass is 9.90. The van der Waals surface area contributed by atoms with Crippen LogP contribution in [0.2, 0.25) is 0 Å². The van der Waals surface area contributed by atoms with Crippen LogP contribution in [-0.4, -0.2) is 25.3 Å². The molecule has 0 bridgehead atoms. The average Bonchev–Trinajstić information content (AvgIpc) is 2.83. The third kappa shape index (κ3) is 3.21. The molecule has 0 heterocycles. The monoisotopic (exact) mass is 225 g/mol. The van der Waals surface area contributed by atoms with Gasteiger partial charge in [-0.15, -0.1) is 0 Å². The van der Waals surface area contributed by atoms with Gasteiger partial charge in [0, 0.05) is 19.2 Å². The first kappa shape index (κ1) is 12.4. The summed E-state index contributed by atoms with van der Waals surface area (Å²) in [5.41, 5.74) is 0. The Morgan fingerprint density at radius 3 is 2.50 bits per heavy atom. The molecule has 3 atom stereocenters. The lowest BCUT2D eigenvalue weighted by Gasteiger charge is -2.33. The van der Waals surface area contributed by atoms with Gasteiger partial charge in [0.15, 0.2) is 0 Å². The summed E-state index contributed by atoms with van der Waals surface area (Å²) < 4.78 is 5.49. The molecule has 0 spiro atoms. The second kappa shape index (κ2) is 6.02. The highest BCUT2D eigenvalue weighted by Crippen LogP contribution is 2.29. The molecule has 2 aliphatic carbocycles. The van der Waals surface area contributed by atoms with Crippen molar-refractivity contribution in [2.75, 3.05) is 7.11 Å². The third-order valence-electron chi connectivity index (χ3n) is 4.56.